The number of carbonyl (C=O) groups is 4. The predicted octanol–water partition coefficient (Wildman–Crippen LogP) is -1.84. The van der Waals surface area contributed by atoms with Crippen molar-refractivity contribution in [3.63, 3.8) is 0 Å². The molecule has 2 aromatic heterocycles. The van der Waals surface area contributed by atoms with Crippen LogP contribution >= 0.6 is 35.1 Å². The molecule has 1 fully saturated rings. The fraction of sp³-hybridized carbons (Fsp3) is 0.435. The van der Waals surface area contributed by atoms with Gasteiger partial charge in [-0.2, -0.15) is 9.36 Å². The van der Waals surface area contributed by atoms with Gasteiger partial charge in [0.1, 0.15) is 11.4 Å². The number of oxime groups is 1. The first-order chi connectivity index (χ1) is 20.2. The molecule has 8 N–H and O–H groups in total. The maximum atomic E-state index is 13.2. The Bertz CT molecular complexity index is 1540. The average molecular weight is 653 g/mol. The van der Waals surface area contributed by atoms with Crippen LogP contribution in [0.1, 0.15) is 33.0 Å². The molecule has 2 amide bonds. The molecule has 230 valence electrons. The zero-order chi connectivity index (χ0) is 31.6. The molecule has 4 heterocycles. The van der Waals surface area contributed by atoms with Crippen molar-refractivity contribution in [2.45, 2.75) is 55.9 Å². The Hall–Kier alpha value is -4.17. The van der Waals surface area contributed by atoms with Crippen molar-refractivity contribution in [1.82, 2.24) is 24.6 Å². The number of nitrogen functional groups attached to an aromatic ring is 3. The minimum Gasteiger partial charge on any atom is -0.543 e. The van der Waals surface area contributed by atoms with Crippen LogP contribution in [0, 0.1) is 0 Å². The van der Waals surface area contributed by atoms with Crippen molar-refractivity contribution in [3.8, 4) is 0 Å². The molecule has 2 aromatic rings. The molecule has 0 aromatic carbocycles. The SMILES string of the molecule is CCC[n+]1c(N)cc(N)nc1SCC1=C(C(=O)[O-])N2C(=O)C(NC(=O)/C(=N\OC(C)(C)C(=O)O)c3nsc(N)n3)[C@H]2SC1. The lowest BCUT2D eigenvalue weighted by atomic mass is 10.0. The number of amides is 2. The molecular formula is C23H28N10O7S3. The van der Waals surface area contributed by atoms with Gasteiger partial charge >= 0.3 is 11.1 Å². The summed E-state index contributed by atoms with van der Waals surface area (Å²) in [4.78, 5) is 64.4. The second kappa shape index (κ2) is 12.6. The molecule has 2 aliphatic rings. The maximum Gasteiger partial charge on any atom is 0.350 e. The second-order valence-corrected chi connectivity index (χ2v) is 12.6. The Kier molecular flexibility index (Phi) is 9.30. The number of anilines is 3. The van der Waals surface area contributed by atoms with Crippen LogP contribution in [0.2, 0.25) is 0 Å². The van der Waals surface area contributed by atoms with Crippen LogP contribution in [-0.2, 0) is 30.6 Å². The van der Waals surface area contributed by atoms with Crippen LogP contribution in [0.3, 0.4) is 0 Å². The van der Waals surface area contributed by atoms with Gasteiger partial charge in [-0.05, 0) is 37.6 Å². The van der Waals surface area contributed by atoms with E-state index in [-0.39, 0.29) is 34.0 Å². The van der Waals surface area contributed by atoms with Gasteiger partial charge in [-0.1, -0.05) is 17.1 Å². The monoisotopic (exact) mass is 652 g/mol. The van der Waals surface area contributed by atoms with Gasteiger partial charge in [0.25, 0.3) is 11.8 Å². The van der Waals surface area contributed by atoms with Gasteiger partial charge < -0.3 is 42.4 Å². The van der Waals surface area contributed by atoms with Crippen molar-refractivity contribution in [2.24, 2.45) is 5.16 Å². The number of hydrogen-bond donors (Lipinski definition) is 5. The normalized spacial score (nSPS) is 18.6. The molecule has 0 aliphatic carbocycles. The van der Waals surface area contributed by atoms with Crippen molar-refractivity contribution in [3.05, 3.63) is 23.2 Å². The first-order valence-electron chi connectivity index (χ1n) is 12.6. The van der Waals surface area contributed by atoms with Crippen LogP contribution in [0.4, 0.5) is 16.8 Å². The molecule has 17 nitrogen and oxygen atoms in total. The Morgan fingerprint density at radius 1 is 1.33 bits per heavy atom. The highest BCUT2D eigenvalue weighted by atomic mass is 32.2. The van der Waals surface area contributed by atoms with E-state index in [0.717, 1.165) is 22.9 Å². The van der Waals surface area contributed by atoms with E-state index in [1.807, 2.05) is 6.92 Å². The van der Waals surface area contributed by atoms with Gasteiger partial charge in [0.2, 0.25) is 28.8 Å². The largest absolute Gasteiger partial charge is 0.543 e. The second-order valence-electron chi connectivity index (χ2n) is 9.73. The van der Waals surface area contributed by atoms with E-state index in [1.165, 1.54) is 43.4 Å². The number of nitrogens with zero attached hydrogens (tertiary/aromatic N) is 6. The molecule has 0 bridgehead atoms. The summed E-state index contributed by atoms with van der Waals surface area (Å²) in [6.45, 7) is 4.98. The summed E-state index contributed by atoms with van der Waals surface area (Å²) in [6, 6.07) is 0.394. The van der Waals surface area contributed by atoms with Gasteiger partial charge in [-0.25, -0.2) is 9.36 Å². The highest BCUT2D eigenvalue weighted by Gasteiger charge is 2.53. The van der Waals surface area contributed by atoms with E-state index in [9.17, 15) is 29.4 Å². The van der Waals surface area contributed by atoms with E-state index < -0.39 is 46.5 Å². The maximum absolute atomic E-state index is 13.2. The average Bonchev–Trinajstić information content (AvgIpc) is 3.36. The number of nitrogens with two attached hydrogens (primary N) is 3. The third-order valence-corrected chi connectivity index (χ3v) is 9.11. The third kappa shape index (κ3) is 6.59. The molecule has 20 heteroatoms. The standard InChI is InChI=1S/C23H28N10O7S3/c1-4-5-32-11(25)6-10(24)27-22(32)42-8-9-7-41-18-13(17(35)33(18)14(9)19(36)37)28-16(34)12(15-29-21(26)43-31-15)30-40-23(2,3)20(38)39/h6,13,18H,4-5,7-8H2,1-3H3,(H8,24,25,26,28,29,31,34,36,37,38,39)/b30-12-/t13?,18-/m1/s1. The number of β-lactam (4-membered cyclic amide) rings is 1. The molecular weight excluding hydrogens is 625 g/mol. The van der Waals surface area contributed by atoms with E-state index in [2.05, 4.69) is 24.8 Å². The molecule has 43 heavy (non-hydrogen) atoms. The van der Waals surface area contributed by atoms with Crippen LogP contribution in [0.25, 0.3) is 0 Å². The quantitative estimate of drug-likeness (QED) is 0.0421. The van der Waals surface area contributed by atoms with E-state index >= 15 is 0 Å². The van der Waals surface area contributed by atoms with Gasteiger partial charge in [-0.15, -0.1) is 11.8 Å². The molecule has 2 aliphatic heterocycles. The van der Waals surface area contributed by atoms with Gasteiger partial charge in [0.15, 0.2) is 5.13 Å². The van der Waals surface area contributed by atoms with E-state index in [0.29, 0.717) is 23.1 Å². The fourth-order valence-electron chi connectivity index (χ4n) is 3.96. The smallest absolute Gasteiger partial charge is 0.350 e. The summed E-state index contributed by atoms with van der Waals surface area (Å²) in [6.07, 6.45) is 0.774. The highest BCUT2D eigenvalue weighted by molar-refractivity contribution is 8.01. The molecule has 0 saturated carbocycles. The van der Waals surface area contributed by atoms with Crippen molar-refractivity contribution in [2.75, 3.05) is 28.7 Å². The molecule has 0 spiro atoms. The zero-order valence-electron chi connectivity index (χ0n) is 23.1. The number of carboxylic acid groups (broad SMARTS) is 2. The number of carbonyl (C=O) groups excluding carboxylic acids is 3. The summed E-state index contributed by atoms with van der Waals surface area (Å²) >= 11 is 3.23. The van der Waals surface area contributed by atoms with E-state index in [1.54, 1.807) is 4.57 Å². The Morgan fingerprint density at radius 2 is 2.05 bits per heavy atom. The Labute approximate surface area is 257 Å². The van der Waals surface area contributed by atoms with Gasteiger partial charge in [-0.3, -0.25) is 14.5 Å². The highest BCUT2D eigenvalue weighted by Crippen LogP contribution is 2.41. The van der Waals surface area contributed by atoms with Crippen LogP contribution in [0.5, 0.6) is 0 Å². The Balaban J connectivity index is 1.54. The number of aromatic nitrogens is 4. The predicted molar refractivity (Wildman–Crippen MR) is 155 cm³/mol. The van der Waals surface area contributed by atoms with Gasteiger partial charge in [0.05, 0.1) is 24.3 Å². The minimum atomic E-state index is -1.81. The minimum absolute atomic E-state index is 0.00662. The number of thioether (sulfide) groups is 2. The number of fused-ring (bicyclic) bond motifs is 1. The number of carboxylic acids is 2. The summed E-state index contributed by atoms with van der Waals surface area (Å²) in [5.74, 6) is -3.79. The lowest BCUT2D eigenvalue weighted by molar-refractivity contribution is -0.723. The van der Waals surface area contributed by atoms with Crippen LogP contribution in [-0.4, -0.2) is 82.3 Å². The van der Waals surface area contributed by atoms with Crippen LogP contribution < -0.4 is 32.2 Å². The molecule has 4 rings (SSSR count). The molecule has 1 unspecified atom stereocenters. The number of aliphatic carboxylic acids is 2. The lowest BCUT2D eigenvalue weighted by Gasteiger charge is -2.50. The summed E-state index contributed by atoms with van der Waals surface area (Å²) in [5, 5.41) is 27.4. The fourth-order valence-corrected chi connectivity index (χ4v) is 6.93. The number of hydrogen-bond acceptors (Lipinski definition) is 16. The summed E-state index contributed by atoms with van der Waals surface area (Å²) < 4.78 is 5.69. The lowest BCUT2D eigenvalue weighted by Crippen LogP contribution is -2.71. The number of nitrogens with one attached hydrogen (secondary N) is 1. The Morgan fingerprint density at radius 3 is 2.65 bits per heavy atom. The van der Waals surface area contributed by atoms with Crippen molar-refractivity contribution in [1.29, 1.82) is 0 Å². The van der Waals surface area contributed by atoms with Crippen molar-refractivity contribution < 1.29 is 38.8 Å². The molecule has 0 radical (unpaired) electrons. The summed E-state index contributed by atoms with van der Waals surface area (Å²) in [7, 11) is 0. The first-order valence-corrected chi connectivity index (χ1v) is 15.4. The molecule has 1 saturated heterocycles. The van der Waals surface area contributed by atoms with Crippen molar-refractivity contribution >= 4 is 81.3 Å². The first kappa shape index (κ1) is 31.8. The van der Waals surface area contributed by atoms with Crippen LogP contribution in [0.15, 0.2) is 27.6 Å². The molecule has 2 atom stereocenters. The van der Waals surface area contributed by atoms with Gasteiger partial charge in [0, 0.05) is 23.0 Å². The third-order valence-electron chi connectivity index (χ3n) is 6.16. The van der Waals surface area contributed by atoms with E-state index in [4.69, 9.17) is 22.0 Å². The number of rotatable bonds is 12. The zero-order valence-corrected chi connectivity index (χ0v) is 25.5. The summed E-state index contributed by atoms with van der Waals surface area (Å²) in [5.41, 5.74) is 15.4. The topological polar surface area (TPSA) is 269 Å².